The summed E-state index contributed by atoms with van der Waals surface area (Å²) in [7, 11) is 1.53. The van der Waals surface area contributed by atoms with E-state index in [1.165, 1.54) is 7.11 Å². The number of hydrogen-bond acceptors (Lipinski definition) is 5. The highest BCUT2D eigenvalue weighted by atomic mass is 16.5. The third kappa shape index (κ3) is 8.50. The van der Waals surface area contributed by atoms with Gasteiger partial charge in [0.05, 0.1) is 12.8 Å². The summed E-state index contributed by atoms with van der Waals surface area (Å²) in [6.07, 6.45) is 2.03. The van der Waals surface area contributed by atoms with Gasteiger partial charge in [-0.2, -0.15) is 0 Å². The highest BCUT2D eigenvalue weighted by Gasteiger charge is 2.22. The first-order valence-corrected chi connectivity index (χ1v) is 12.8. The number of anilines is 2. The maximum absolute atomic E-state index is 12.9. The average Bonchev–Trinajstić information content (AvgIpc) is 3.15. The number of benzene rings is 2. The second-order valence-corrected chi connectivity index (χ2v) is 9.29. The first-order chi connectivity index (χ1) is 18.3. The Bertz CT molecular complexity index is 1150. The van der Waals surface area contributed by atoms with Crippen LogP contribution in [0.2, 0.25) is 0 Å². The number of carboxylic acids is 1. The molecule has 0 atom stereocenters. The summed E-state index contributed by atoms with van der Waals surface area (Å²) >= 11 is 0. The number of nitrogens with one attached hydrogen (secondary N) is 2. The fourth-order valence-corrected chi connectivity index (χ4v) is 4.36. The van der Waals surface area contributed by atoms with Crippen LogP contribution in [0.15, 0.2) is 42.5 Å². The molecule has 4 amide bonds. The molecule has 1 aliphatic heterocycles. The predicted octanol–water partition coefficient (Wildman–Crippen LogP) is 3.90. The Morgan fingerprint density at radius 2 is 1.53 bits per heavy atom. The van der Waals surface area contributed by atoms with Gasteiger partial charge in [0, 0.05) is 51.1 Å². The van der Waals surface area contributed by atoms with Gasteiger partial charge in [0.1, 0.15) is 5.75 Å². The number of methoxy groups -OCH3 is 1. The summed E-state index contributed by atoms with van der Waals surface area (Å²) in [6.45, 7) is 3.99. The Balaban J connectivity index is 1.49. The molecule has 3 rings (SSSR count). The zero-order valence-electron chi connectivity index (χ0n) is 22.0. The number of amides is 4. The zero-order chi connectivity index (χ0) is 27.5. The van der Waals surface area contributed by atoms with Gasteiger partial charge >= 0.3 is 12.0 Å². The summed E-state index contributed by atoms with van der Waals surface area (Å²) < 4.78 is 5.47. The van der Waals surface area contributed by atoms with Crippen molar-refractivity contribution in [2.75, 3.05) is 43.9 Å². The van der Waals surface area contributed by atoms with E-state index in [2.05, 4.69) is 10.6 Å². The SMILES string of the molecule is COc1cc(CCC(=O)N2CCCN(C(=O)CCCC(=O)O)CC2)ccc1NC(=O)Nc1ccccc1C. The number of carbonyl (C=O) groups excluding carboxylic acids is 3. The van der Waals surface area contributed by atoms with Gasteiger partial charge in [0.15, 0.2) is 0 Å². The lowest BCUT2D eigenvalue weighted by molar-refractivity contribution is -0.137. The monoisotopic (exact) mass is 524 g/mol. The number of urea groups is 1. The molecule has 204 valence electrons. The molecular weight excluding hydrogens is 488 g/mol. The molecule has 2 aromatic rings. The molecule has 0 unspecified atom stereocenters. The summed E-state index contributed by atoms with van der Waals surface area (Å²) in [5, 5.41) is 14.4. The smallest absolute Gasteiger partial charge is 0.323 e. The number of carbonyl (C=O) groups is 4. The molecule has 0 aromatic heterocycles. The second kappa shape index (κ2) is 14.0. The molecule has 1 saturated heterocycles. The number of hydrogen-bond donors (Lipinski definition) is 3. The number of aryl methyl sites for hydroxylation is 2. The first-order valence-electron chi connectivity index (χ1n) is 12.8. The van der Waals surface area contributed by atoms with E-state index in [4.69, 9.17) is 9.84 Å². The van der Waals surface area contributed by atoms with Gasteiger partial charge in [0.25, 0.3) is 0 Å². The summed E-state index contributed by atoms with van der Waals surface area (Å²) in [6, 6.07) is 12.6. The van der Waals surface area contributed by atoms with Crippen molar-refractivity contribution in [2.24, 2.45) is 0 Å². The van der Waals surface area contributed by atoms with Gasteiger partial charge in [-0.05, 0) is 55.5 Å². The standard InChI is InChI=1S/C28H36N4O6/c1-20-7-3-4-8-22(20)29-28(37)30-23-13-11-21(19-24(23)38-2)12-14-26(34)32-16-6-15-31(17-18-32)25(33)9-5-10-27(35)36/h3-4,7-8,11,13,19H,5-6,9-10,12,14-18H2,1-2H3,(H,35,36)(H2,29,30,37). The molecule has 0 saturated carbocycles. The van der Waals surface area contributed by atoms with E-state index in [9.17, 15) is 19.2 Å². The normalized spacial score (nSPS) is 13.4. The minimum atomic E-state index is -0.905. The van der Waals surface area contributed by atoms with Crippen LogP contribution in [-0.4, -0.2) is 72.0 Å². The van der Waals surface area contributed by atoms with Crippen molar-refractivity contribution in [3.8, 4) is 5.75 Å². The van der Waals surface area contributed by atoms with E-state index in [0.717, 1.165) is 16.8 Å². The van der Waals surface area contributed by atoms with E-state index in [1.807, 2.05) is 43.3 Å². The van der Waals surface area contributed by atoms with Gasteiger partial charge in [-0.1, -0.05) is 24.3 Å². The topological polar surface area (TPSA) is 128 Å². The molecule has 10 heteroatoms. The van der Waals surface area contributed by atoms with Crippen LogP contribution < -0.4 is 15.4 Å². The number of para-hydroxylation sites is 1. The van der Waals surface area contributed by atoms with Crippen LogP contribution in [0.1, 0.15) is 43.2 Å². The minimum absolute atomic E-state index is 0.0175. The zero-order valence-corrected chi connectivity index (χ0v) is 22.0. The fourth-order valence-electron chi connectivity index (χ4n) is 4.36. The number of carboxylic acid groups (broad SMARTS) is 1. The van der Waals surface area contributed by atoms with E-state index in [1.54, 1.807) is 15.9 Å². The van der Waals surface area contributed by atoms with Crippen LogP contribution >= 0.6 is 0 Å². The van der Waals surface area contributed by atoms with Gasteiger partial charge in [0.2, 0.25) is 11.8 Å². The third-order valence-electron chi connectivity index (χ3n) is 6.52. The van der Waals surface area contributed by atoms with Crippen LogP contribution in [0.5, 0.6) is 5.75 Å². The quantitative estimate of drug-likeness (QED) is 0.433. The molecule has 10 nitrogen and oxygen atoms in total. The van der Waals surface area contributed by atoms with Crippen LogP contribution in [0, 0.1) is 6.92 Å². The number of nitrogens with zero attached hydrogens (tertiary/aromatic N) is 2. The van der Waals surface area contributed by atoms with E-state index >= 15 is 0 Å². The van der Waals surface area contributed by atoms with Gasteiger partial charge in [-0.15, -0.1) is 0 Å². The average molecular weight is 525 g/mol. The van der Waals surface area contributed by atoms with E-state index in [0.29, 0.717) is 63.3 Å². The molecule has 0 radical (unpaired) electrons. The van der Waals surface area contributed by atoms with Gasteiger partial charge in [-0.3, -0.25) is 14.4 Å². The molecule has 2 aromatic carbocycles. The molecule has 1 fully saturated rings. The lowest BCUT2D eigenvalue weighted by Crippen LogP contribution is -2.37. The van der Waals surface area contributed by atoms with Gasteiger partial charge < -0.3 is 30.3 Å². The maximum atomic E-state index is 12.9. The van der Waals surface area contributed by atoms with E-state index < -0.39 is 5.97 Å². The van der Waals surface area contributed by atoms with Gasteiger partial charge in [-0.25, -0.2) is 4.79 Å². The summed E-state index contributed by atoms with van der Waals surface area (Å²) in [5.74, 6) is -0.447. The summed E-state index contributed by atoms with van der Waals surface area (Å²) in [4.78, 5) is 51.9. The largest absolute Gasteiger partial charge is 0.495 e. The Labute approximate surface area is 222 Å². The lowest BCUT2D eigenvalue weighted by atomic mass is 10.1. The molecule has 1 heterocycles. The Hall–Kier alpha value is -4.08. The molecule has 38 heavy (non-hydrogen) atoms. The highest BCUT2D eigenvalue weighted by Crippen LogP contribution is 2.27. The maximum Gasteiger partial charge on any atom is 0.323 e. The number of rotatable bonds is 10. The van der Waals surface area contributed by atoms with Crippen LogP contribution in [0.25, 0.3) is 0 Å². The van der Waals surface area contributed by atoms with Crippen molar-refractivity contribution < 1.29 is 29.0 Å². The molecule has 3 N–H and O–H groups in total. The van der Waals surface area contributed by atoms with Crippen molar-refractivity contribution in [2.45, 2.75) is 45.4 Å². The van der Waals surface area contributed by atoms with Crippen molar-refractivity contribution in [3.63, 3.8) is 0 Å². The molecule has 1 aliphatic rings. The Morgan fingerprint density at radius 1 is 0.868 bits per heavy atom. The van der Waals surface area contributed by atoms with Crippen molar-refractivity contribution in [1.29, 1.82) is 0 Å². The number of aliphatic carboxylic acids is 1. The van der Waals surface area contributed by atoms with Crippen molar-refractivity contribution >= 4 is 35.2 Å². The molecule has 0 aliphatic carbocycles. The molecule has 0 bridgehead atoms. The fraction of sp³-hybridized carbons (Fsp3) is 0.429. The third-order valence-corrected chi connectivity index (χ3v) is 6.52. The Kier molecular flexibility index (Phi) is 10.5. The van der Waals surface area contributed by atoms with E-state index in [-0.39, 0.29) is 30.7 Å². The van der Waals surface area contributed by atoms with Crippen LogP contribution in [0.4, 0.5) is 16.2 Å². The first kappa shape index (κ1) is 28.5. The second-order valence-electron chi connectivity index (χ2n) is 9.29. The molecule has 0 spiro atoms. The minimum Gasteiger partial charge on any atom is -0.495 e. The van der Waals surface area contributed by atoms with Crippen LogP contribution in [-0.2, 0) is 20.8 Å². The predicted molar refractivity (Wildman–Crippen MR) is 144 cm³/mol. The summed E-state index contributed by atoms with van der Waals surface area (Å²) in [5.41, 5.74) is 3.10. The number of ether oxygens (including phenoxy) is 1. The van der Waals surface area contributed by atoms with Crippen molar-refractivity contribution in [3.05, 3.63) is 53.6 Å². The Morgan fingerprint density at radius 3 is 2.18 bits per heavy atom. The van der Waals surface area contributed by atoms with Crippen LogP contribution in [0.3, 0.4) is 0 Å². The van der Waals surface area contributed by atoms with Crippen molar-refractivity contribution in [1.82, 2.24) is 9.80 Å². The molecular formula is C28H36N4O6. The lowest BCUT2D eigenvalue weighted by Gasteiger charge is -2.22. The highest BCUT2D eigenvalue weighted by molar-refractivity contribution is 6.01.